The smallest absolute Gasteiger partial charge is 0.178 e. The average molecular weight is 401 g/mol. The van der Waals surface area contributed by atoms with Gasteiger partial charge in [0.1, 0.15) is 5.82 Å². The van der Waals surface area contributed by atoms with E-state index in [1.54, 1.807) is 12.1 Å². The van der Waals surface area contributed by atoms with Crippen LogP contribution in [0.4, 0.5) is 4.39 Å². The third-order valence-electron chi connectivity index (χ3n) is 5.70. The molecule has 4 nitrogen and oxygen atoms in total. The zero-order valence-corrected chi connectivity index (χ0v) is 18.1. The van der Waals surface area contributed by atoms with E-state index in [0.29, 0.717) is 25.1 Å². The molecule has 0 N–H and O–H groups in total. The van der Waals surface area contributed by atoms with Crippen LogP contribution in [0.25, 0.3) is 0 Å². The molecule has 2 aromatic rings. The second kappa shape index (κ2) is 9.68. The standard InChI is InChI=1S/C24H33FN2O2/c1-17(2)16-29-22-9-11-26(12-10-22)15-24(28)23-13-18(3)27(19(23)4)14-20-5-7-21(25)8-6-20/h5-8,13,17,22H,9-12,14-16H2,1-4H3. The summed E-state index contributed by atoms with van der Waals surface area (Å²) in [7, 11) is 0. The van der Waals surface area contributed by atoms with Gasteiger partial charge in [-0.05, 0) is 56.4 Å². The molecule has 0 unspecified atom stereocenters. The minimum atomic E-state index is -0.232. The molecule has 0 bridgehead atoms. The number of aromatic nitrogens is 1. The van der Waals surface area contributed by atoms with Crippen LogP contribution in [0.2, 0.25) is 0 Å². The summed E-state index contributed by atoms with van der Waals surface area (Å²) in [6, 6.07) is 8.52. The molecule has 1 aliphatic heterocycles. The van der Waals surface area contributed by atoms with Gasteiger partial charge in [0, 0.05) is 43.2 Å². The van der Waals surface area contributed by atoms with E-state index in [1.807, 2.05) is 19.9 Å². The fourth-order valence-corrected chi connectivity index (χ4v) is 3.95. The Bertz CT molecular complexity index is 818. The Kier molecular flexibility index (Phi) is 7.25. The molecule has 158 valence electrons. The first-order chi connectivity index (χ1) is 13.8. The number of carbonyl (C=O) groups is 1. The predicted molar refractivity (Wildman–Crippen MR) is 114 cm³/mol. The van der Waals surface area contributed by atoms with E-state index in [-0.39, 0.29) is 11.6 Å². The number of hydrogen-bond acceptors (Lipinski definition) is 3. The number of Topliss-reactive ketones (excluding diaryl/α,β-unsaturated/α-hetero) is 1. The summed E-state index contributed by atoms with van der Waals surface area (Å²) in [5, 5.41) is 0. The van der Waals surface area contributed by atoms with Gasteiger partial charge in [0.05, 0.1) is 12.6 Å². The molecule has 2 heterocycles. The molecule has 0 radical (unpaired) electrons. The lowest BCUT2D eigenvalue weighted by atomic mass is 10.1. The van der Waals surface area contributed by atoms with Crippen LogP contribution < -0.4 is 0 Å². The van der Waals surface area contributed by atoms with Crippen molar-refractivity contribution < 1.29 is 13.9 Å². The maximum atomic E-state index is 13.2. The number of nitrogens with zero attached hydrogens (tertiary/aromatic N) is 2. The monoisotopic (exact) mass is 400 g/mol. The Hall–Kier alpha value is -1.98. The number of piperidine rings is 1. The van der Waals surface area contributed by atoms with E-state index in [0.717, 1.165) is 55.1 Å². The zero-order chi connectivity index (χ0) is 21.0. The summed E-state index contributed by atoms with van der Waals surface area (Å²) < 4.78 is 21.2. The van der Waals surface area contributed by atoms with Crippen molar-refractivity contribution in [2.75, 3.05) is 26.2 Å². The molecule has 3 rings (SSSR count). The molecule has 0 saturated carbocycles. The minimum absolute atomic E-state index is 0.171. The van der Waals surface area contributed by atoms with E-state index in [1.165, 1.54) is 12.1 Å². The lowest BCUT2D eigenvalue weighted by molar-refractivity contribution is -0.00362. The zero-order valence-electron chi connectivity index (χ0n) is 18.1. The summed E-state index contributed by atoms with van der Waals surface area (Å²) in [4.78, 5) is 15.2. The Labute approximate surface area is 173 Å². The highest BCUT2D eigenvalue weighted by atomic mass is 19.1. The number of ketones is 1. The SMILES string of the molecule is Cc1cc(C(=O)CN2CCC(OCC(C)C)CC2)c(C)n1Cc1ccc(F)cc1. The molecule has 1 aromatic heterocycles. The number of likely N-dealkylation sites (tertiary alicyclic amines) is 1. The average Bonchev–Trinajstić information content (AvgIpc) is 2.97. The van der Waals surface area contributed by atoms with Crippen molar-refractivity contribution in [1.29, 1.82) is 0 Å². The van der Waals surface area contributed by atoms with Crippen molar-refractivity contribution in [3.05, 3.63) is 58.7 Å². The largest absolute Gasteiger partial charge is 0.378 e. The van der Waals surface area contributed by atoms with Gasteiger partial charge < -0.3 is 9.30 Å². The summed E-state index contributed by atoms with van der Waals surface area (Å²) in [5.74, 6) is 0.494. The van der Waals surface area contributed by atoms with Gasteiger partial charge >= 0.3 is 0 Å². The van der Waals surface area contributed by atoms with Gasteiger partial charge in [-0.15, -0.1) is 0 Å². The van der Waals surface area contributed by atoms with Crippen LogP contribution in [0.1, 0.15) is 54.0 Å². The Balaban J connectivity index is 1.58. The van der Waals surface area contributed by atoms with E-state index in [9.17, 15) is 9.18 Å². The van der Waals surface area contributed by atoms with E-state index in [2.05, 4.69) is 23.3 Å². The number of aryl methyl sites for hydroxylation is 1. The summed E-state index contributed by atoms with van der Waals surface area (Å²) in [6.45, 7) is 12.1. The third kappa shape index (κ3) is 5.77. The summed E-state index contributed by atoms with van der Waals surface area (Å²) in [5.41, 5.74) is 3.85. The van der Waals surface area contributed by atoms with Crippen molar-refractivity contribution in [3.8, 4) is 0 Å². The van der Waals surface area contributed by atoms with Crippen molar-refractivity contribution in [3.63, 3.8) is 0 Å². The fourth-order valence-electron chi connectivity index (χ4n) is 3.95. The third-order valence-corrected chi connectivity index (χ3v) is 5.70. The van der Waals surface area contributed by atoms with Crippen molar-refractivity contribution >= 4 is 5.78 Å². The summed E-state index contributed by atoms with van der Waals surface area (Å²) in [6.07, 6.45) is 2.30. The molecular formula is C24H33FN2O2. The van der Waals surface area contributed by atoms with Crippen LogP contribution in [0.5, 0.6) is 0 Å². The molecule has 1 aliphatic rings. The van der Waals surface area contributed by atoms with Crippen LogP contribution in [-0.2, 0) is 11.3 Å². The van der Waals surface area contributed by atoms with Crippen LogP contribution in [-0.4, -0.2) is 47.6 Å². The molecule has 0 atom stereocenters. The van der Waals surface area contributed by atoms with Gasteiger partial charge in [0.2, 0.25) is 0 Å². The van der Waals surface area contributed by atoms with Crippen molar-refractivity contribution in [2.45, 2.75) is 53.2 Å². The van der Waals surface area contributed by atoms with Gasteiger partial charge in [-0.1, -0.05) is 26.0 Å². The lowest BCUT2D eigenvalue weighted by Gasteiger charge is -2.31. The first-order valence-electron chi connectivity index (χ1n) is 10.6. The molecule has 5 heteroatoms. The van der Waals surface area contributed by atoms with Crippen LogP contribution in [0.3, 0.4) is 0 Å². The molecule has 1 saturated heterocycles. The van der Waals surface area contributed by atoms with Crippen LogP contribution in [0.15, 0.2) is 30.3 Å². The number of rotatable bonds is 8. The number of hydrogen-bond donors (Lipinski definition) is 0. The molecule has 0 spiro atoms. The minimum Gasteiger partial charge on any atom is -0.378 e. The normalized spacial score (nSPS) is 15.9. The predicted octanol–water partition coefficient (Wildman–Crippen LogP) is 4.61. The quantitative estimate of drug-likeness (QED) is 0.607. The second-order valence-corrected chi connectivity index (χ2v) is 8.62. The van der Waals surface area contributed by atoms with E-state index in [4.69, 9.17) is 4.74 Å². The topological polar surface area (TPSA) is 34.5 Å². The summed E-state index contributed by atoms with van der Waals surface area (Å²) >= 11 is 0. The lowest BCUT2D eigenvalue weighted by Crippen LogP contribution is -2.40. The number of halogens is 1. The van der Waals surface area contributed by atoms with Crippen LogP contribution >= 0.6 is 0 Å². The first kappa shape index (κ1) is 21.7. The van der Waals surface area contributed by atoms with E-state index < -0.39 is 0 Å². The van der Waals surface area contributed by atoms with Crippen LogP contribution in [0, 0.1) is 25.6 Å². The maximum absolute atomic E-state index is 13.2. The molecular weight excluding hydrogens is 367 g/mol. The molecule has 0 aliphatic carbocycles. The highest BCUT2D eigenvalue weighted by Crippen LogP contribution is 2.20. The van der Waals surface area contributed by atoms with Crippen molar-refractivity contribution in [1.82, 2.24) is 9.47 Å². The highest BCUT2D eigenvalue weighted by molar-refractivity contribution is 5.99. The maximum Gasteiger partial charge on any atom is 0.178 e. The number of carbonyl (C=O) groups excluding carboxylic acids is 1. The Morgan fingerprint density at radius 1 is 1.17 bits per heavy atom. The van der Waals surface area contributed by atoms with Gasteiger partial charge in [-0.2, -0.15) is 0 Å². The van der Waals surface area contributed by atoms with Gasteiger partial charge in [0.25, 0.3) is 0 Å². The van der Waals surface area contributed by atoms with Gasteiger partial charge in [-0.25, -0.2) is 4.39 Å². The number of ether oxygens (including phenoxy) is 1. The molecule has 1 aromatic carbocycles. The molecule has 1 fully saturated rings. The van der Waals surface area contributed by atoms with E-state index >= 15 is 0 Å². The van der Waals surface area contributed by atoms with Gasteiger partial charge in [0.15, 0.2) is 5.78 Å². The number of benzene rings is 1. The fraction of sp³-hybridized carbons (Fsp3) is 0.542. The van der Waals surface area contributed by atoms with Crippen molar-refractivity contribution in [2.24, 2.45) is 5.92 Å². The second-order valence-electron chi connectivity index (χ2n) is 8.62. The first-order valence-corrected chi connectivity index (χ1v) is 10.6. The molecule has 29 heavy (non-hydrogen) atoms. The Morgan fingerprint density at radius 3 is 2.45 bits per heavy atom. The highest BCUT2D eigenvalue weighted by Gasteiger charge is 2.23. The Morgan fingerprint density at radius 2 is 1.83 bits per heavy atom. The van der Waals surface area contributed by atoms with Gasteiger partial charge in [-0.3, -0.25) is 9.69 Å². The molecule has 0 amide bonds.